The van der Waals surface area contributed by atoms with Gasteiger partial charge in [-0.1, -0.05) is 20.8 Å². The van der Waals surface area contributed by atoms with E-state index in [1.165, 1.54) is 29.9 Å². The molecule has 0 saturated carbocycles. The summed E-state index contributed by atoms with van der Waals surface area (Å²) in [5.74, 6) is 3.33. The van der Waals surface area contributed by atoms with E-state index in [9.17, 15) is 0 Å². The maximum Gasteiger partial charge on any atom is 0.0161 e. The predicted molar refractivity (Wildman–Crippen MR) is 82.3 cm³/mol. The molecule has 1 nitrogen and oxygen atoms in total. The second-order valence-electron chi connectivity index (χ2n) is 4.86. The number of thiophene rings is 1. The molecule has 1 aromatic rings. The van der Waals surface area contributed by atoms with Crippen molar-refractivity contribution in [2.75, 3.05) is 18.1 Å². The number of thioether (sulfide) groups is 1. The van der Waals surface area contributed by atoms with Gasteiger partial charge in [0.25, 0.3) is 0 Å². The summed E-state index contributed by atoms with van der Waals surface area (Å²) >= 11 is 3.89. The Bertz CT molecular complexity index is 270. The molecular weight excluding hydrogens is 246 g/mol. The third-order valence-electron chi connectivity index (χ3n) is 2.62. The van der Waals surface area contributed by atoms with E-state index >= 15 is 0 Å². The van der Waals surface area contributed by atoms with Crippen LogP contribution in [0.2, 0.25) is 0 Å². The number of aryl methyl sites for hydroxylation is 1. The normalized spacial score (nSPS) is 13.2. The lowest BCUT2D eigenvalue weighted by Gasteiger charge is -2.17. The minimum Gasteiger partial charge on any atom is -0.313 e. The van der Waals surface area contributed by atoms with Gasteiger partial charge in [0.1, 0.15) is 0 Å². The monoisotopic (exact) mass is 271 g/mol. The molecule has 0 bridgehead atoms. The molecule has 0 saturated heterocycles. The van der Waals surface area contributed by atoms with Crippen molar-refractivity contribution in [3.8, 4) is 0 Å². The maximum absolute atomic E-state index is 3.60. The quantitative estimate of drug-likeness (QED) is 0.727. The van der Waals surface area contributed by atoms with Crippen molar-refractivity contribution in [3.63, 3.8) is 0 Å². The maximum atomic E-state index is 3.60. The van der Waals surface area contributed by atoms with Gasteiger partial charge in [-0.2, -0.15) is 23.1 Å². The number of hydrogen-bond acceptors (Lipinski definition) is 3. The molecule has 0 fully saturated rings. The van der Waals surface area contributed by atoms with Crippen LogP contribution in [0.15, 0.2) is 16.8 Å². The fraction of sp³-hybridized carbons (Fsp3) is 0.714. The van der Waals surface area contributed by atoms with Gasteiger partial charge >= 0.3 is 0 Å². The summed E-state index contributed by atoms with van der Waals surface area (Å²) in [5, 5.41) is 8.04. The van der Waals surface area contributed by atoms with Crippen molar-refractivity contribution < 1.29 is 0 Å². The van der Waals surface area contributed by atoms with Gasteiger partial charge in [0.05, 0.1) is 0 Å². The molecule has 98 valence electrons. The number of nitrogens with one attached hydrogen (secondary N) is 1. The molecule has 1 aromatic heterocycles. The first-order valence-electron chi connectivity index (χ1n) is 6.54. The Balaban J connectivity index is 2.22. The lowest BCUT2D eigenvalue weighted by atomic mass is 10.1. The zero-order valence-electron chi connectivity index (χ0n) is 11.2. The molecule has 0 amide bonds. The highest BCUT2D eigenvalue weighted by molar-refractivity contribution is 7.99. The Labute approximate surface area is 114 Å². The summed E-state index contributed by atoms with van der Waals surface area (Å²) in [7, 11) is 0. The summed E-state index contributed by atoms with van der Waals surface area (Å²) in [6.45, 7) is 7.86. The fourth-order valence-corrected chi connectivity index (χ4v) is 3.63. The molecule has 17 heavy (non-hydrogen) atoms. The van der Waals surface area contributed by atoms with Crippen molar-refractivity contribution in [1.29, 1.82) is 0 Å². The van der Waals surface area contributed by atoms with Crippen LogP contribution in [0.25, 0.3) is 0 Å². The van der Waals surface area contributed by atoms with Gasteiger partial charge in [-0.3, -0.25) is 0 Å². The van der Waals surface area contributed by atoms with Gasteiger partial charge < -0.3 is 5.32 Å². The van der Waals surface area contributed by atoms with Crippen LogP contribution in [0.1, 0.15) is 32.8 Å². The molecule has 1 unspecified atom stereocenters. The van der Waals surface area contributed by atoms with Crippen LogP contribution >= 0.6 is 23.1 Å². The molecule has 1 rings (SSSR count). The number of rotatable bonds is 9. The summed E-state index contributed by atoms with van der Waals surface area (Å²) in [5.41, 5.74) is 1.49. The van der Waals surface area contributed by atoms with Gasteiger partial charge in [-0.25, -0.2) is 0 Å². The lowest BCUT2D eigenvalue weighted by Crippen LogP contribution is -2.31. The van der Waals surface area contributed by atoms with E-state index in [1.54, 1.807) is 11.3 Å². The minimum atomic E-state index is 0.670. The third kappa shape index (κ3) is 7.12. The molecule has 0 spiro atoms. The molecule has 1 heterocycles. The third-order valence-corrected chi connectivity index (χ3v) is 4.90. The van der Waals surface area contributed by atoms with Crippen LogP contribution in [-0.4, -0.2) is 24.1 Å². The first-order chi connectivity index (χ1) is 8.22. The van der Waals surface area contributed by atoms with E-state index in [2.05, 4.69) is 54.7 Å². The van der Waals surface area contributed by atoms with Gasteiger partial charge in [0.2, 0.25) is 0 Å². The largest absolute Gasteiger partial charge is 0.313 e. The van der Waals surface area contributed by atoms with Gasteiger partial charge in [-0.15, -0.1) is 0 Å². The standard InChI is InChI=1S/C14H25NS2/c1-4-15-14(11-17-9-12(2)3)6-5-13-7-8-16-10-13/h7-8,10,12,14-15H,4-6,9,11H2,1-3H3. The lowest BCUT2D eigenvalue weighted by molar-refractivity contribution is 0.537. The smallest absolute Gasteiger partial charge is 0.0161 e. The van der Waals surface area contributed by atoms with Crippen LogP contribution in [0.4, 0.5) is 0 Å². The Kier molecular flexibility index (Phi) is 7.99. The first kappa shape index (κ1) is 15.1. The van der Waals surface area contributed by atoms with Crippen molar-refractivity contribution in [3.05, 3.63) is 22.4 Å². The summed E-state index contributed by atoms with van der Waals surface area (Å²) < 4.78 is 0. The highest BCUT2D eigenvalue weighted by Gasteiger charge is 2.08. The van der Waals surface area contributed by atoms with Crippen LogP contribution < -0.4 is 5.32 Å². The summed E-state index contributed by atoms with van der Waals surface area (Å²) in [4.78, 5) is 0. The van der Waals surface area contributed by atoms with E-state index in [1.807, 2.05) is 0 Å². The minimum absolute atomic E-state index is 0.670. The second-order valence-corrected chi connectivity index (χ2v) is 6.71. The van der Waals surface area contributed by atoms with Crippen molar-refractivity contribution in [1.82, 2.24) is 5.32 Å². The molecule has 0 aliphatic heterocycles. The molecule has 0 aliphatic carbocycles. The van der Waals surface area contributed by atoms with E-state index in [-0.39, 0.29) is 0 Å². The van der Waals surface area contributed by atoms with Gasteiger partial charge in [-0.05, 0) is 53.4 Å². The molecular formula is C14H25NS2. The zero-order valence-corrected chi connectivity index (χ0v) is 12.9. The van der Waals surface area contributed by atoms with E-state index in [4.69, 9.17) is 0 Å². The highest BCUT2D eigenvalue weighted by Crippen LogP contribution is 2.14. The SMILES string of the molecule is CCNC(CCc1ccsc1)CSCC(C)C. The predicted octanol–water partition coefficient (Wildman–Crippen LogP) is 4.05. The van der Waals surface area contributed by atoms with Crippen LogP contribution in [0, 0.1) is 5.92 Å². The van der Waals surface area contributed by atoms with Gasteiger partial charge in [0.15, 0.2) is 0 Å². The average Bonchev–Trinajstić information content (AvgIpc) is 2.78. The Morgan fingerprint density at radius 3 is 2.76 bits per heavy atom. The molecule has 1 atom stereocenters. The molecule has 0 aromatic carbocycles. The second kappa shape index (κ2) is 9.01. The summed E-state index contributed by atoms with van der Waals surface area (Å²) in [6, 6.07) is 2.92. The van der Waals surface area contributed by atoms with Crippen LogP contribution in [0.3, 0.4) is 0 Å². The zero-order chi connectivity index (χ0) is 12.5. The molecule has 3 heteroatoms. The molecule has 1 N–H and O–H groups in total. The van der Waals surface area contributed by atoms with E-state index in [0.717, 1.165) is 12.5 Å². The fourth-order valence-electron chi connectivity index (χ4n) is 1.75. The van der Waals surface area contributed by atoms with Gasteiger partial charge in [0, 0.05) is 11.8 Å². The molecule has 0 radical (unpaired) electrons. The van der Waals surface area contributed by atoms with E-state index in [0.29, 0.717) is 6.04 Å². The summed E-state index contributed by atoms with van der Waals surface area (Å²) in [6.07, 6.45) is 2.47. The van der Waals surface area contributed by atoms with Crippen LogP contribution in [-0.2, 0) is 6.42 Å². The first-order valence-corrected chi connectivity index (χ1v) is 8.64. The Morgan fingerprint density at radius 1 is 1.35 bits per heavy atom. The van der Waals surface area contributed by atoms with Crippen LogP contribution in [0.5, 0.6) is 0 Å². The van der Waals surface area contributed by atoms with Crippen molar-refractivity contribution in [2.45, 2.75) is 39.7 Å². The topological polar surface area (TPSA) is 12.0 Å². The average molecular weight is 271 g/mol. The van der Waals surface area contributed by atoms with E-state index < -0.39 is 0 Å². The van der Waals surface area contributed by atoms with Crippen molar-refractivity contribution >= 4 is 23.1 Å². The molecule has 0 aliphatic rings. The Morgan fingerprint density at radius 2 is 2.18 bits per heavy atom. The number of hydrogen-bond donors (Lipinski definition) is 1. The Hall–Kier alpha value is 0.01000. The van der Waals surface area contributed by atoms with Crippen molar-refractivity contribution in [2.24, 2.45) is 5.92 Å². The highest BCUT2D eigenvalue weighted by atomic mass is 32.2.